The zero-order chi connectivity index (χ0) is 20.2. The quantitative estimate of drug-likeness (QED) is 0.199. The van der Waals surface area contributed by atoms with Gasteiger partial charge in [-0.15, -0.1) is 0 Å². The molecular formula is C26H40O2. The Morgan fingerprint density at radius 2 is 1.46 bits per heavy atom. The number of hydrogen-bond donors (Lipinski definition) is 0. The fourth-order valence-electron chi connectivity index (χ4n) is 4.59. The Hall–Kier alpha value is -1.44. The molecule has 1 aliphatic carbocycles. The molecule has 0 unspecified atom stereocenters. The van der Waals surface area contributed by atoms with E-state index < -0.39 is 0 Å². The van der Waals surface area contributed by atoms with E-state index in [1.54, 1.807) is 0 Å². The molecule has 0 heterocycles. The standard InChI is InChI=1S/C26H40O2/c1-3-5-6-7-8-9-11-21-12-14-22(15-13-21)23-16-18-24(19-17-23)26(28)20-25(27)10-4-2/h16-19,21-22H,3-15,20H2,1-2H3. The van der Waals surface area contributed by atoms with E-state index >= 15 is 0 Å². The van der Waals surface area contributed by atoms with E-state index in [2.05, 4.69) is 19.1 Å². The van der Waals surface area contributed by atoms with Crippen LogP contribution in [0.3, 0.4) is 0 Å². The lowest BCUT2D eigenvalue weighted by Crippen LogP contribution is -2.13. The van der Waals surface area contributed by atoms with Crippen molar-refractivity contribution < 1.29 is 9.59 Å². The van der Waals surface area contributed by atoms with Crippen LogP contribution in [0.5, 0.6) is 0 Å². The SMILES string of the molecule is CCCCCCCCC1CCC(c2ccc(C(=O)CC(=O)CCC)cc2)CC1. The van der Waals surface area contributed by atoms with Crippen LogP contribution in [-0.4, -0.2) is 11.6 Å². The number of unbranched alkanes of at least 4 members (excludes halogenated alkanes) is 5. The molecule has 0 amide bonds. The fraction of sp³-hybridized carbons (Fsp3) is 0.692. The monoisotopic (exact) mass is 384 g/mol. The van der Waals surface area contributed by atoms with Crippen molar-refractivity contribution in [3.8, 4) is 0 Å². The minimum atomic E-state index is -0.0346. The third kappa shape index (κ3) is 7.89. The Morgan fingerprint density at radius 3 is 2.11 bits per heavy atom. The number of benzene rings is 1. The fourth-order valence-corrected chi connectivity index (χ4v) is 4.59. The lowest BCUT2D eigenvalue weighted by Gasteiger charge is -2.29. The molecule has 1 aliphatic rings. The smallest absolute Gasteiger partial charge is 0.170 e. The van der Waals surface area contributed by atoms with Gasteiger partial charge in [0.1, 0.15) is 5.78 Å². The first-order valence-corrected chi connectivity index (χ1v) is 11.8. The molecule has 0 aliphatic heterocycles. The first kappa shape index (κ1) is 22.8. The normalized spacial score (nSPS) is 19.5. The molecule has 2 nitrogen and oxygen atoms in total. The van der Waals surface area contributed by atoms with Gasteiger partial charge in [-0.2, -0.15) is 0 Å². The summed E-state index contributed by atoms with van der Waals surface area (Å²) in [6, 6.07) is 8.10. The molecule has 0 spiro atoms. The number of ketones is 2. The van der Waals surface area contributed by atoms with E-state index in [4.69, 9.17) is 0 Å². The number of hydrogen-bond acceptors (Lipinski definition) is 2. The van der Waals surface area contributed by atoms with E-state index in [0.717, 1.165) is 12.3 Å². The van der Waals surface area contributed by atoms with Crippen LogP contribution in [0, 0.1) is 5.92 Å². The molecule has 1 saturated carbocycles. The molecule has 0 saturated heterocycles. The topological polar surface area (TPSA) is 34.1 Å². The minimum Gasteiger partial charge on any atom is -0.299 e. The van der Waals surface area contributed by atoms with Gasteiger partial charge in [0.2, 0.25) is 0 Å². The maximum absolute atomic E-state index is 12.2. The Bertz CT molecular complexity index is 579. The molecule has 2 rings (SSSR count). The van der Waals surface area contributed by atoms with Crippen LogP contribution in [-0.2, 0) is 4.79 Å². The van der Waals surface area contributed by atoms with Crippen LogP contribution in [0.1, 0.15) is 126 Å². The second-order valence-electron chi connectivity index (χ2n) is 8.78. The van der Waals surface area contributed by atoms with Gasteiger partial charge < -0.3 is 0 Å². The van der Waals surface area contributed by atoms with Gasteiger partial charge in [-0.1, -0.05) is 83.1 Å². The predicted octanol–water partition coefficient (Wildman–Crippen LogP) is 7.65. The summed E-state index contributed by atoms with van der Waals surface area (Å²) in [5.41, 5.74) is 2.06. The van der Waals surface area contributed by atoms with Crippen molar-refractivity contribution in [3.05, 3.63) is 35.4 Å². The van der Waals surface area contributed by atoms with Crippen LogP contribution in [0.4, 0.5) is 0 Å². The van der Waals surface area contributed by atoms with Crippen molar-refractivity contribution in [2.75, 3.05) is 0 Å². The molecule has 156 valence electrons. The van der Waals surface area contributed by atoms with Crippen LogP contribution < -0.4 is 0 Å². The minimum absolute atomic E-state index is 0.0346. The Morgan fingerprint density at radius 1 is 0.821 bits per heavy atom. The largest absolute Gasteiger partial charge is 0.299 e. The number of carbonyl (C=O) groups is 2. The summed E-state index contributed by atoms with van der Waals surface area (Å²) in [6.07, 6.45) is 16.4. The van der Waals surface area contributed by atoms with Crippen molar-refractivity contribution >= 4 is 11.6 Å². The second kappa shape index (κ2) is 12.9. The maximum atomic E-state index is 12.2. The highest BCUT2D eigenvalue weighted by Gasteiger charge is 2.22. The van der Waals surface area contributed by atoms with Gasteiger partial charge in [0.15, 0.2) is 5.78 Å². The number of Topliss-reactive ketones (excluding diaryl/α,β-unsaturated/α-hetero) is 2. The number of rotatable bonds is 13. The van der Waals surface area contributed by atoms with Gasteiger partial charge in [0, 0.05) is 12.0 Å². The zero-order valence-electron chi connectivity index (χ0n) is 18.2. The summed E-state index contributed by atoms with van der Waals surface area (Å²) >= 11 is 0. The first-order chi connectivity index (χ1) is 13.6. The van der Waals surface area contributed by atoms with Crippen molar-refractivity contribution in [1.82, 2.24) is 0 Å². The summed E-state index contributed by atoms with van der Waals surface area (Å²) in [7, 11) is 0. The zero-order valence-corrected chi connectivity index (χ0v) is 18.2. The second-order valence-corrected chi connectivity index (χ2v) is 8.78. The molecule has 0 N–H and O–H groups in total. The summed E-state index contributed by atoms with van der Waals surface area (Å²) in [5.74, 6) is 1.59. The van der Waals surface area contributed by atoms with Gasteiger partial charge in [0.05, 0.1) is 6.42 Å². The Balaban J connectivity index is 1.71. The molecule has 1 fully saturated rings. The average Bonchev–Trinajstić information content (AvgIpc) is 2.71. The summed E-state index contributed by atoms with van der Waals surface area (Å²) in [6.45, 7) is 4.25. The molecule has 0 atom stereocenters. The third-order valence-corrected chi connectivity index (χ3v) is 6.40. The predicted molar refractivity (Wildman–Crippen MR) is 118 cm³/mol. The van der Waals surface area contributed by atoms with Crippen LogP contribution >= 0.6 is 0 Å². The van der Waals surface area contributed by atoms with E-state index in [0.29, 0.717) is 17.9 Å². The maximum Gasteiger partial charge on any atom is 0.170 e. The van der Waals surface area contributed by atoms with E-state index in [1.807, 2.05) is 19.1 Å². The van der Waals surface area contributed by atoms with Gasteiger partial charge in [-0.05, 0) is 49.5 Å². The van der Waals surface area contributed by atoms with Gasteiger partial charge in [0.25, 0.3) is 0 Å². The van der Waals surface area contributed by atoms with E-state index in [1.165, 1.54) is 76.2 Å². The van der Waals surface area contributed by atoms with E-state index in [-0.39, 0.29) is 18.0 Å². The lowest BCUT2D eigenvalue weighted by atomic mass is 9.77. The summed E-state index contributed by atoms with van der Waals surface area (Å²) in [5, 5.41) is 0. The first-order valence-electron chi connectivity index (χ1n) is 11.8. The highest BCUT2D eigenvalue weighted by Crippen LogP contribution is 2.37. The summed E-state index contributed by atoms with van der Waals surface area (Å²) in [4.78, 5) is 23.9. The van der Waals surface area contributed by atoms with Crippen molar-refractivity contribution in [1.29, 1.82) is 0 Å². The molecular weight excluding hydrogens is 344 g/mol. The van der Waals surface area contributed by atoms with Crippen LogP contribution in [0.2, 0.25) is 0 Å². The van der Waals surface area contributed by atoms with E-state index in [9.17, 15) is 9.59 Å². The molecule has 0 radical (unpaired) electrons. The van der Waals surface area contributed by atoms with Gasteiger partial charge in [-0.25, -0.2) is 0 Å². The molecule has 0 aromatic heterocycles. The molecule has 2 heteroatoms. The Labute approximate surface area is 172 Å². The molecule has 1 aromatic rings. The molecule has 1 aromatic carbocycles. The lowest BCUT2D eigenvalue weighted by molar-refractivity contribution is -0.118. The van der Waals surface area contributed by atoms with Crippen molar-refractivity contribution in [2.24, 2.45) is 5.92 Å². The number of carbonyl (C=O) groups excluding carboxylic acids is 2. The van der Waals surface area contributed by atoms with Crippen LogP contribution in [0.25, 0.3) is 0 Å². The van der Waals surface area contributed by atoms with Gasteiger partial charge >= 0.3 is 0 Å². The summed E-state index contributed by atoms with van der Waals surface area (Å²) < 4.78 is 0. The van der Waals surface area contributed by atoms with Crippen LogP contribution in [0.15, 0.2) is 24.3 Å². The van der Waals surface area contributed by atoms with Crippen molar-refractivity contribution in [3.63, 3.8) is 0 Å². The Kier molecular flexibility index (Phi) is 10.5. The highest BCUT2D eigenvalue weighted by molar-refractivity contribution is 6.07. The third-order valence-electron chi connectivity index (χ3n) is 6.40. The highest BCUT2D eigenvalue weighted by atomic mass is 16.1. The molecule has 28 heavy (non-hydrogen) atoms. The average molecular weight is 385 g/mol. The molecule has 0 bridgehead atoms. The van der Waals surface area contributed by atoms with Crippen molar-refractivity contribution in [2.45, 2.75) is 110 Å². The van der Waals surface area contributed by atoms with Gasteiger partial charge in [-0.3, -0.25) is 9.59 Å².